The van der Waals surface area contributed by atoms with Gasteiger partial charge in [-0.25, -0.2) is 4.79 Å². The normalized spacial score (nSPS) is 11.9. The van der Waals surface area contributed by atoms with E-state index in [0.717, 1.165) is 16.8 Å². The lowest BCUT2D eigenvalue weighted by Crippen LogP contribution is -2.30. The molecule has 1 amide bonds. The summed E-state index contributed by atoms with van der Waals surface area (Å²) in [6.45, 7) is 7.59. The van der Waals surface area contributed by atoms with Crippen LogP contribution >= 0.6 is 11.6 Å². The molecule has 1 N–H and O–H groups in total. The third-order valence-electron chi connectivity index (χ3n) is 3.92. The van der Waals surface area contributed by atoms with Gasteiger partial charge in [0.1, 0.15) is 0 Å². The zero-order chi connectivity index (χ0) is 18.6. The number of anilines is 1. The van der Waals surface area contributed by atoms with Gasteiger partial charge in [0.05, 0.1) is 10.6 Å². The van der Waals surface area contributed by atoms with Crippen LogP contribution in [0.1, 0.15) is 48.2 Å². The molecule has 2 rings (SSSR count). The molecule has 0 aliphatic carbocycles. The molecule has 4 nitrogen and oxygen atoms in total. The van der Waals surface area contributed by atoms with E-state index < -0.39 is 12.1 Å². The number of hydrogen-bond donors (Lipinski definition) is 1. The van der Waals surface area contributed by atoms with Crippen LogP contribution in [0.15, 0.2) is 42.5 Å². The van der Waals surface area contributed by atoms with Crippen LogP contribution in [-0.4, -0.2) is 18.0 Å². The molecule has 2 aromatic rings. The molecule has 0 radical (unpaired) electrons. The highest BCUT2D eigenvalue weighted by Crippen LogP contribution is 2.27. The molecule has 0 heterocycles. The summed E-state index contributed by atoms with van der Waals surface area (Å²) in [5, 5.41) is 3.17. The van der Waals surface area contributed by atoms with Gasteiger partial charge < -0.3 is 10.1 Å². The first-order valence-electron chi connectivity index (χ1n) is 8.17. The molecule has 0 saturated carbocycles. The average Bonchev–Trinajstić information content (AvgIpc) is 2.56. The molecule has 25 heavy (non-hydrogen) atoms. The Morgan fingerprint density at radius 1 is 1.04 bits per heavy atom. The van der Waals surface area contributed by atoms with Gasteiger partial charge in [0, 0.05) is 5.69 Å². The van der Waals surface area contributed by atoms with Crippen molar-refractivity contribution in [1.29, 1.82) is 0 Å². The van der Waals surface area contributed by atoms with Gasteiger partial charge in [0.2, 0.25) is 0 Å². The van der Waals surface area contributed by atoms with Crippen molar-refractivity contribution in [3.05, 3.63) is 64.2 Å². The smallest absolute Gasteiger partial charge is 0.340 e. The van der Waals surface area contributed by atoms with Gasteiger partial charge >= 0.3 is 5.97 Å². The quantitative estimate of drug-likeness (QED) is 0.768. The lowest BCUT2D eigenvalue weighted by molar-refractivity contribution is -0.123. The number of amides is 1. The fourth-order valence-corrected chi connectivity index (χ4v) is 2.68. The molecule has 0 aromatic heterocycles. The Morgan fingerprint density at radius 2 is 1.72 bits per heavy atom. The topological polar surface area (TPSA) is 55.4 Å². The summed E-state index contributed by atoms with van der Waals surface area (Å²) in [5.74, 6) is -0.741. The largest absolute Gasteiger partial charge is 0.449 e. The molecule has 0 unspecified atom stereocenters. The standard InChI is InChI=1S/C20H22ClNO3/c1-12(2)15-10-7-8-13(3)18(15)22-19(23)14(4)25-20(24)16-9-5-6-11-17(16)21/h5-12,14H,1-4H3,(H,22,23)/t14-/m0/s1. The summed E-state index contributed by atoms with van der Waals surface area (Å²) >= 11 is 5.99. The number of esters is 1. The van der Waals surface area contributed by atoms with Crippen LogP contribution in [0.2, 0.25) is 5.02 Å². The van der Waals surface area contributed by atoms with Crippen molar-refractivity contribution in [3.8, 4) is 0 Å². The van der Waals surface area contributed by atoms with Crippen LogP contribution in [0.5, 0.6) is 0 Å². The van der Waals surface area contributed by atoms with Crippen LogP contribution in [-0.2, 0) is 9.53 Å². The minimum absolute atomic E-state index is 0.238. The second-order valence-electron chi connectivity index (χ2n) is 6.21. The maximum atomic E-state index is 12.5. The maximum absolute atomic E-state index is 12.5. The second kappa shape index (κ2) is 8.17. The molecule has 0 fully saturated rings. The van der Waals surface area contributed by atoms with Gasteiger partial charge in [-0.1, -0.05) is 55.8 Å². The maximum Gasteiger partial charge on any atom is 0.340 e. The van der Waals surface area contributed by atoms with Gasteiger partial charge in [0.25, 0.3) is 5.91 Å². The lowest BCUT2D eigenvalue weighted by Gasteiger charge is -2.19. The fourth-order valence-electron chi connectivity index (χ4n) is 2.47. The van der Waals surface area contributed by atoms with Crippen molar-refractivity contribution >= 4 is 29.2 Å². The average molecular weight is 360 g/mol. The Balaban J connectivity index is 2.12. The third-order valence-corrected chi connectivity index (χ3v) is 4.25. The number of hydrogen-bond acceptors (Lipinski definition) is 3. The van der Waals surface area contributed by atoms with E-state index in [-0.39, 0.29) is 17.4 Å². The Labute approximate surface area is 153 Å². The number of halogens is 1. The van der Waals surface area contributed by atoms with Gasteiger partial charge in [-0.05, 0) is 43.0 Å². The summed E-state index contributed by atoms with van der Waals surface area (Å²) in [5.41, 5.74) is 3.01. The van der Waals surface area contributed by atoms with Crippen molar-refractivity contribution in [2.24, 2.45) is 0 Å². The number of carbonyl (C=O) groups excluding carboxylic acids is 2. The summed E-state index contributed by atoms with van der Waals surface area (Å²) in [7, 11) is 0. The molecule has 2 aromatic carbocycles. The van der Waals surface area contributed by atoms with E-state index >= 15 is 0 Å². The van der Waals surface area contributed by atoms with E-state index in [1.54, 1.807) is 24.3 Å². The Bertz CT molecular complexity index is 786. The van der Waals surface area contributed by atoms with Crippen LogP contribution in [0.4, 0.5) is 5.69 Å². The van der Waals surface area contributed by atoms with Crippen molar-refractivity contribution in [1.82, 2.24) is 0 Å². The molecule has 0 spiro atoms. The summed E-state index contributed by atoms with van der Waals surface area (Å²) in [6, 6.07) is 12.5. The predicted octanol–water partition coefficient (Wildman–Crippen LogP) is 4.96. The van der Waals surface area contributed by atoms with Crippen LogP contribution in [0, 0.1) is 6.92 Å². The molecule has 1 atom stereocenters. The number of aryl methyl sites for hydroxylation is 1. The Hall–Kier alpha value is -2.33. The number of para-hydroxylation sites is 1. The lowest BCUT2D eigenvalue weighted by atomic mass is 9.98. The minimum atomic E-state index is -0.941. The highest BCUT2D eigenvalue weighted by molar-refractivity contribution is 6.33. The van der Waals surface area contributed by atoms with E-state index in [1.165, 1.54) is 6.92 Å². The first-order chi connectivity index (χ1) is 11.8. The van der Waals surface area contributed by atoms with E-state index in [1.807, 2.05) is 25.1 Å². The Morgan fingerprint density at radius 3 is 2.36 bits per heavy atom. The monoisotopic (exact) mass is 359 g/mol. The number of carbonyl (C=O) groups is 2. The van der Waals surface area contributed by atoms with E-state index in [2.05, 4.69) is 19.2 Å². The number of benzene rings is 2. The van der Waals surface area contributed by atoms with Crippen LogP contribution in [0.3, 0.4) is 0 Å². The highest BCUT2D eigenvalue weighted by Gasteiger charge is 2.22. The number of ether oxygens (including phenoxy) is 1. The molecule has 132 valence electrons. The molecule has 0 saturated heterocycles. The molecule has 5 heteroatoms. The van der Waals surface area contributed by atoms with Gasteiger partial charge in [-0.3, -0.25) is 4.79 Å². The first-order valence-corrected chi connectivity index (χ1v) is 8.55. The summed E-state index contributed by atoms with van der Waals surface area (Å²) < 4.78 is 5.26. The molecule has 0 aliphatic heterocycles. The first kappa shape index (κ1) is 19.0. The molecular weight excluding hydrogens is 338 g/mol. The number of nitrogens with one attached hydrogen (secondary N) is 1. The zero-order valence-electron chi connectivity index (χ0n) is 14.8. The minimum Gasteiger partial charge on any atom is -0.449 e. The molecule has 0 aliphatic rings. The van der Waals surface area contributed by atoms with E-state index in [0.29, 0.717) is 5.02 Å². The summed E-state index contributed by atoms with van der Waals surface area (Å²) in [4.78, 5) is 24.7. The highest BCUT2D eigenvalue weighted by atomic mass is 35.5. The molecular formula is C20H22ClNO3. The van der Waals surface area contributed by atoms with Gasteiger partial charge in [-0.15, -0.1) is 0 Å². The van der Waals surface area contributed by atoms with E-state index in [4.69, 9.17) is 16.3 Å². The van der Waals surface area contributed by atoms with Crippen molar-refractivity contribution < 1.29 is 14.3 Å². The molecule has 0 bridgehead atoms. The number of rotatable bonds is 5. The SMILES string of the molecule is Cc1cccc(C(C)C)c1NC(=O)[C@H](C)OC(=O)c1ccccc1Cl. The van der Waals surface area contributed by atoms with Crippen molar-refractivity contribution in [3.63, 3.8) is 0 Å². The second-order valence-corrected chi connectivity index (χ2v) is 6.62. The Kier molecular flexibility index (Phi) is 6.21. The van der Waals surface area contributed by atoms with Crippen LogP contribution < -0.4 is 5.32 Å². The predicted molar refractivity (Wildman–Crippen MR) is 100 cm³/mol. The summed E-state index contributed by atoms with van der Waals surface area (Å²) in [6.07, 6.45) is -0.941. The van der Waals surface area contributed by atoms with Gasteiger partial charge in [0.15, 0.2) is 6.10 Å². The van der Waals surface area contributed by atoms with Crippen LogP contribution in [0.25, 0.3) is 0 Å². The fraction of sp³-hybridized carbons (Fsp3) is 0.300. The van der Waals surface area contributed by atoms with Gasteiger partial charge in [-0.2, -0.15) is 0 Å². The zero-order valence-corrected chi connectivity index (χ0v) is 15.6. The van der Waals surface area contributed by atoms with E-state index in [9.17, 15) is 9.59 Å². The van der Waals surface area contributed by atoms with Crippen molar-refractivity contribution in [2.75, 3.05) is 5.32 Å². The van der Waals surface area contributed by atoms with Crippen molar-refractivity contribution in [2.45, 2.75) is 39.7 Å². The third kappa shape index (κ3) is 4.60.